The first-order valence-electron chi connectivity index (χ1n) is 6.09. The van der Waals surface area contributed by atoms with Crippen LogP contribution in [0.4, 0.5) is 0 Å². The maximum absolute atomic E-state index is 11.1. The fourth-order valence-electron chi connectivity index (χ4n) is 1.86. The number of carbonyl (C=O) groups is 1. The maximum atomic E-state index is 11.1. The minimum atomic E-state index is -0.310. The second kappa shape index (κ2) is 4.86. The van der Waals surface area contributed by atoms with Crippen molar-refractivity contribution < 1.29 is 4.79 Å². The fourth-order valence-corrected chi connectivity index (χ4v) is 1.86. The van der Waals surface area contributed by atoms with Gasteiger partial charge in [0.05, 0.1) is 17.8 Å². The van der Waals surface area contributed by atoms with Crippen molar-refractivity contribution in [3.05, 3.63) is 42.2 Å². The van der Waals surface area contributed by atoms with Gasteiger partial charge >= 0.3 is 0 Å². The molecule has 94 valence electrons. The third kappa shape index (κ3) is 2.74. The summed E-state index contributed by atoms with van der Waals surface area (Å²) in [7, 11) is 0. The third-order valence-corrected chi connectivity index (χ3v) is 3.05. The van der Waals surface area contributed by atoms with Crippen molar-refractivity contribution in [1.82, 2.24) is 10.3 Å². The molecular weight excluding hydrogens is 224 g/mol. The Labute approximate surface area is 107 Å². The van der Waals surface area contributed by atoms with Gasteiger partial charge in [0.15, 0.2) is 0 Å². The molecule has 0 saturated carbocycles. The van der Waals surface area contributed by atoms with E-state index in [1.807, 2.05) is 38.2 Å². The van der Waals surface area contributed by atoms with Crippen LogP contribution < -0.4 is 5.32 Å². The minimum Gasteiger partial charge on any atom is -0.300 e. The number of carbonyl (C=O) groups excluding carboxylic acids is 1. The number of Topliss-reactive ketones (excluding diaryl/α,β-unsaturated/α-hetero) is 1. The second-order valence-electron chi connectivity index (χ2n) is 5.10. The van der Waals surface area contributed by atoms with Crippen molar-refractivity contribution in [2.24, 2.45) is 0 Å². The number of nitrogens with one attached hydrogen (secondary N) is 1. The summed E-state index contributed by atoms with van der Waals surface area (Å²) in [6, 6.07) is 10.2. The van der Waals surface area contributed by atoms with Crippen LogP contribution in [0.3, 0.4) is 0 Å². The predicted molar refractivity (Wildman–Crippen MR) is 73.5 cm³/mol. The van der Waals surface area contributed by atoms with Gasteiger partial charge in [0.1, 0.15) is 5.78 Å². The molecule has 0 amide bonds. The molecule has 0 fully saturated rings. The molecule has 0 aliphatic rings. The number of fused-ring (bicyclic) bond motifs is 1. The summed E-state index contributed by atoms with van der Waals surface area (Å²) in [4.78, 5) is 15.5. The summed E-state index contributed by atoms with van der Waals surface area (Å²) in [5.41, 5.74) is 0.637. The number of benzene rings is 1. The van der Waals surface area contributed by atoms with Gasteiger partial charge in [-0.25, -0.2) is 0 Å². The van der Waals surface area contributed by atoms with Crippen LogP contribution in [0.25, 0.3) is 10.8 Å². The standard InChI is InChI=1S/C15H18N2O/c1-11(18)9-17-15(2,3)14-8-12-6-4-5-7-13(12)10-16-14/h4-8,10,17H,9H2,1-3H3. The molecule has 1 aromatic carbocycles. The summed E-state index contributed by atoms with van der Waals surface area (Å²) < 4.78 is 0. The van der Waals surface area contributed by atoms with E-state index in [2.05, 4.69) is 22.4 Å². The van der Waals surface area contributed by atoms with Crippen LogP contribution in [0.1, 0.15) is 26.5 Å². The summed E-state index contributed by atoms with van der Waals surface area (Å²) in [6.07, 6.45) is 1.88. The van der Waals surface area contributed by atoms with Crippen molar-refractivity contribution in [2.75, 3.05) is 6.54 Å². The van der Waals surface area contributed by atoms with Crippen molar-refractivity contribution in [3.63, 3.8) is 0 Å². The Morgan fingerprint density at radius 1 is 1.28 bits per heavy atom. The molecule has 3 heteroatoms. The van der Waals surface area contributed by atoms with Crippen molar-refractivity contribution >= 4 is 16.6 Å². The Bertz CT molecular complexity index is 575. The molecule has 18 heavy (non-hydrogen) atoms. The van der Waals surface area contributed by atoms with E-state index in [4.69, 9.17) is 0 Å². The van der Waals surface area contributed by atoms with Gasteiger partial charge in [0, 0.05) is 11.6 Å². The lowest BCUT2D eigenvalue weighted by Gasteiger charge is -2.25. The lowest BCUT2D eigenvalue weighted by molar-refractivity contribution is -0.116. The molecule has 0 unspecified atom stereocenters. The Hall–Kier alpha value is -1.74. The van der Waals surface area contributed by atoms with E-state index in [9.17, 15) is 4.79 Å². The first-order chi connectivity index (χ1) is 8.49. The number of ketones is 1. The molecule has 0 radical (unpaired) electrons. The van der Waals surface area contributed by atoms with E-state index in [0.717, 1.165) is 11.1 Å². The average Bonchev–Trinajstić information content (AvgIpc) is 2.36. The van der Waals surface area contributed by atoms with E-state index < -0.39 is 0 Å². The van der Waals surface area contributed by atoms with Crippen molar-refractivity contribution in [3.8, 4) is 0 Å². The first-order valence-corrected chi connectivity index (χ1v) is 6.09. The van der Waals surface area contributed by atoms with Crippen LogP contribution in [0.15, 0.2) is 36.5 Å². The van der Waals surface area contributed by atoms with Gasteiger partial charge in [-0.05, 0) is 32.2 Å². The van der Waals surface area contributed by atoms with Crippen LogP contribution in [-0.4, -0.2) is 17.3 Å². The molecule has 1 heterocycles. The molecule has 0 spiro atoms. The summed E-state index contributed by atoms with van der Waals surface area (Å²) in [5, 5.41) is 5.52. The lowest BCUT2D eigenvalue weighted by Crippen LogP contribution is -2.39. The van der Waals surface area contributed by atoms with Crippen LogP contribution in [0.5, 0.6) is 0 Å². The van der Waals surface area contributed by atoms with E-state index in [0.29, 0.717) is 6.54 Å². The SMILES string of the molecule is CC(=O)CNC(C)(C)c1cc2ccccc2cn1. The molecule has 2 aromatic rings. The van der Waals surface area contributed by atoms with Crippen molar-refractivity contribution in [1.29, 1.82) is 0 Å². The van der Waals surface area contributed by atoms with E-state index in [1.165, 1.54) is 5.39 Å². The quantitative estimate of drug-likeness (QED) is 0.896. The fraction of sp³-hybridized carbons (Fsp3) is 0.333. The highest BCUT2D eigenvalue weighted by molar-refractivity contribution is 5.82. The summed E-state index contributed by atoms with van der Waals surface area (Å²) in [6.45, 7) is 6.01. The van der Waals surface area contributed by atoms with Crippen molar-refractivity contribution in [2.45, 2.75) is 26.3 Å². The molecule has 0 bridgehead atoms. The number of pyridine rings is 1. The molecule has 0 atom stereocenters. The smallest absolute Gasteiger partial charge is 0.143 e. The first kappa shape index (κ1) is 12.7. The zero-order valence-corrected chi connectivity index (χ0v) is 11.0. The molecule has 0 aliphatic heterocycles. The van der Waals surface area contributed by atoms with E-state index in [-0.39, 0.29) is 11.3 Å². The highest BCUT2D eigenvalue weighted by Crippen LogP contribution is 2.21. The largest absolute Gasteiger partial charge is 0.300 e. The van der Waals surface area contributed by atoms with Crippen LogP contribution in [0.2, 0.25) is 0 Å². The minimum absolute atomic E-state index is 0.129. The normalized spacial score (nSPS) is 11.7. The van der Waals surface area contributed by atoms with Crippen LogP contribution in [-0.2, 0) is 10.3 Å². The number of aromatic nitrogens is 1. The Morgan fingerprint density at radius 2 is 1.94 bits per heavy atom. The summed E-state index contributed by atoms with van der Waals surface area (Å²) >= 11 is 0. The van der Waals surface area contributed by atoms with Gasteiger partial charge < -0.3 is 0 Å². The van der Waals surface area contributed by atoms with Gasteiger partial charge in [-0.3, -0.25) is 15.1 Å². The van der Waals surface area contributed by atoms with Crippen LogP contribution >= 0.6 is 0 Å². The molecule has 2 rings (SSSR count). The topological polar surface area (TPSA) is 42.0 Å². The number of nitrogens with zero attached hydrogens (tertiary/aromatic N) is 1. The molecule has 0 saturated heterocycles. The maximum Gasteiger partial charge on any atom is 0.143 e. The molecular formula is C15H18N2O. The highest BCUT2D eigenvalue weighted by Gasteiger charge is 2.21. The average molecular weight is 242 g/mol. The highest BCUT2D eigenvalue weighted by atomic mass is 16.1. The van der Waals surface area contributed by atoms with E-state index >= 15 is 0 Å². The van der Waals surface area contributed by atoms with Gasteiger partial charge in [-0.15, -0.1) is 0 Å². The number of hydrogen-bond donors (Lipinski definition) is 1. The zero-order valence-electron chi connectivity index (χ0n) is 11.0. The Morgan fingerprint density at radius 3 is 2.61 bits per heavy atom. The van der Waals surface area contributed by atoms with E-state index in [1.54, 1.807) is 6.92 Å². The molecule has 0 aliphatic carbocycles. The van der Waals surface area contributed by atoms with Crippen LogP contribution in [0, 0.1) is 0 Å². The second-order valence-corrected chi connectivity index (χ2v) is 5.10. The van der Waals surface area contributed by atoms with Gasteiger partial charge in [-0.1, -0.05) is 24.3 Å². The molecule has 1 N–H and O–H groups in total. The predicted octanol–water partition coefficient (Wildman–Crippen LogP) is 2.65. The Kier molecular flexibility index (Phi) is 3.43. The monoisotopic (exact) mass is 242 g/mol. The third-order valence-electron chi connectivity index (χ3n) is 3.05. The van der Waals surface area contributed by atoms with Gasteiger partial charge in [0.2, 0.25) is 0 Å². The Balaban J connectivity index is 2.32. The number of rotatable bonds is 4. The lowest BCUT2D eigenvalue weighted by atomic mass is 9.98. The zero-order chi connectivity index (χ0) is 13.2. The molecule has 1 aromatic heterocycles. The molecule has 3 nitrogen and oxygen atoms in total. The number of hydrogen-bond acceptors (Lipinski definition) is 3. The van der Waals surface area contributed by atoms with Gasteiger partial charge in [-0.2, -0.15) is 0 Å². The summed E-state index contributed by atoms with van der Waals surface area (Å²) in [5.74, 6) is 0.129. The van der Waals surface area contributed by atoms with Gasteiger partial charge in [0.25, 0.3) is 0 Å².